The summed E-state index contributed by atoms with van der Waals surface area (Å²) in [7, 11) is 0. The van der Waals surface area contributed by atoms with Crippen LogP contribution in [0, 0.1) is 10.1 Å². The highest BCUT2D eigenvalue weighted by atomic mass is 16.6. The zero-order valence-electron chi connectivity index (χ0n) is 22.2. The van der Waals surface area contributed by atoms with Gasteiger partial charge in [0.15, 0.2) is 17.1 Å². The van der Waals surface area contributed by atoms with Gasteiger partial charge in [0.05, 0.1) is 11.5 Å². The van der Waals surface area contributed by atoms with E-state index < -0.39 is 27.9 Å². The fraction of sp³-hybridized carbons (Fsp3) is 0.750. The van der Waals surface area contributed by atoms with E-state index >= 15 is 0 Å². The average Bonchev–Trinajstić information content (AvgIpc) is 2.82. The highest BCUT2D eigenvalue weighted by Gasteiger charge is 2.35. The van der Waals surface area contributed by atoms with Crippen LogP contribution in [-0.2, 0) is 12.8 Å². The molecule has 1 rings (SSSR count). The third kappa shape index (κ3) is 10.5. The number of carbonyl (C=O) groups is 1. The topological polar surface area (TPSA) is 110 Å². The lowest BCUT2D eigenvalue weighted by molar-refractivity contribution is -0.386. The van der Waals surface area contributed by atoms with Gasteiger partial charge < -0.3 is 14.9 Å². The largest absolute Gasteiger partial charge is 0.503 e. The maximum absolute atomic E-state index is 12.1. The molecule has 0 aliphatic heterocycles. The van der Waals surface area contributed by atoms with E-state index in [4.69, 9.17) is 4.74 Å². The Bertz CT molecular complexity index is 777. The summed E-state index contributed by atoms with van der Waals surface area (Å²) in [4.78, 5) is 23.5. The standard InChI is InChI=1S/C28H47NO6/c1-4-7-10-13-16-19-22-23(20-17-14-11-8-5-2)27(35-21-18-15-12-9-6-3)26(30)24(28(31)32)25(22)29(33)34/h30H,4-21H2,1-3H3,(H,31,32). The third-order valence-corrected chi connectivity index (χ3v) is 6.56. The summed E-state index contributed by atoms with van der Waals surface area (Å²) in [6, 6.07) is 0. The van der Waals surface area contributed by atoms with Crippen molar-refractivity contribution in [1.29, 1.82) is 0 Å². The first-order valence-corrected chi connectivity index (χ1v) is 13.8. The summed E-state index contributed by atoms with van der Waals surface area (Å²) in [5.41, 5.74) is -0.0588. The Morgan fingerprint density at radius 1 is 0.771 bits per heavy atom. The van der Waals surface area contributed by atoms with Crippen LogP contribution in [0.4, 0.5) is 5.69 Å². The van der Waals surface area contributed by atoms with Crippen LogP contribution in [0.25, 0.3) is 0 Å². The zero-order valence-corrected chi connectivity index (χ0v) is 22.2. The molecule has 0 heterocycles. The lowest BCUT2D eigenvalue weighted by Gasteiger charge is -2.19. The summed E-state index contributed by atoms with van der Waals surface area (Å²) < 4.78 is 6.00. The van der Waals surface area contributed by atoms with Crippen LogP contribution in [0.15, 0.2) is 0 Å². The summed E-state index contributed by atoms with van der Waals surface area (Å²) in [5.74, 6) is -1.96. The van der Waals surface area contributed by atoms with Crippen LogP contribution in [-0.4, -0.2) is 27.7 Å². The van der Waals surface area contributed by atoms with Crippen molar-refractivity contribution in [3.05, 3.63) is 26.8 Å². The first kappa shape index (κ1) is 30.7. The van der Waals surface area contributed by atoms with Crippen molar-refractivity contribution >= 4 is 11.7 Å². The predicted octanol–water partition coefficient (Wildman–Crippen LogP) is 8.37. The minimum atomic E-state index is -1.50. The van der Waals surface area contributed by atoms with Crippen molar-refractivity contribution in [1.82, 2.24) is 0 Å². The number of benzene rings is 1. The van der Waals surface area contributed by atoms with E-state index in [1.807, 2.05) is 0 Å². The molecule has 0 unspecified atom stereocenters. The molecule has 7 nitrogen and oxygen atoms in total. The molecule has 1 aromatic carbocycles. The number of hydrogen-bond acceptors (Lipinski definition) is 5. The average molecular weight is 494 g/mol. The molecule has 0 amide bonds. The Kier molecular flexibility index (Phi) is 15.8. The second kappa shape index (κ2) is 18.0. The molecule has 0 aliphatic carbocycles. The molecule has 0 spiro atoms. The quantitative estimate of drug-likeness (QED) is 0.101. The molecule has 0 aliphatic rings. The van der Waals surface area contributed by atoms with Crippen LogP contribution in [0.3, 0.4) is 0 Å². The van der Waals surface area contributed by atoms with Gasteiger partial charge in [-0.3, -0.25) is 10.1 Å². The number of unbranched alkanes of at least 4 members (excludes halogenated alkanes) is 12. The van der Waals surface area contributed by atoms with E-state index in [1.54, 1.807) is 0 Å². The van der Waals surface area contributed by atoms with Gasteiger partial charge in [-0.25, -0.2) is 4.79 Å². The Hall–Kier alpha value is -2.31. The van der Waals surface area contributed by atoms with Crippen LogP contribution in [0.1, 0.15) is 139 Å². The molecule has 0 atom stereocenters. The van der Waals surface area contributed by atoms with Gasteiger partial charge in [-0.15, -0.1) is 0 Å². The van der Waals surface area contributed by atoms with Crippen molar-refractivity contribution in [2.45, 2.75) is 130 Å². The molecule has 0 saturated carbocycles. The van der Waals surface area contributed by atoms with Gasteiger partial charge in [0.1, 0.15) is 0 Å². The van der Waals surface area contributed by atoms with E-state index in [9.17, 15) is 25.1 Å². The highest BCUT2D eigenvalue weighted by molar-refractivity contribution is 5.98. The Morgan fingerprint density at radius 3 is 1.69 bits per heavy atom. The van der Waals surface area contributed by atoms with E-state index in [1.165, 1.54) is 0 Å². The molecular weight excluding hydrogens is 446 g/mol. The Balaban J connectivity index is 3.36. The number of ether oxygens (including phenoxy) is 1. The second-order valence-electron chi connectivity index (χ2n) is 9.51. The maximum atomic E-state index is 12.1. The lowest BCUT2D eigenvalue weighted by Crippen LogP contribution is -2.13. The molecule has 0 bridgehead atoms. The Labute approximate surface area is 211 Å². The van der Waals surface area contributed by atoms with Crippen molar-refractivity contribution < 1.29 is 24.7 Å². The zero-order chi connectivity index (χ0) is 26.1. The van der Waals surface area contributed by atoms with Crippen molar-refractivity contribution in [2.24, 2.45) is 0 Å². The fourth-order valence-corrected chi connectivity index (χ4v) is 4.58. The monoisotopic (exact) mass is 493 g/mol. The highest BCUT2D eigenvalue weighted by Crippen LogP contribution is 2.45. The number of aromatic carboxylic acids is 1. The number of hydrogen-bond donors (Lipinski definition) is 2. The van der Waals surface area contributed by atoms with Gasteiger partial charge in [-0.1, -0.05) is 97.8 Å². The van der Waals surface area contributed by atoms with Crippen LogP contribution in [0.5, 0.6) is 11.5 Å². The molecule has 0 saturated heterocycles. The molecular formula is C28H47NO6. The smallest absolute Gasteiger partial charge is 0.346 e. The van der Waals surface area contributed by atoms with E-state index in [2.05, 4.69) is 20.8 Å². The SMILES string of the molecule is CCCCCCCOc1c(O)c(C(=O)O)c([N+](=O)[O-])c(CCCCCCC)c1CCCCCCC. The second-order valence-corrected chi connectivity index (χ2v) is 9.51. The third-order valence-electron chi connectivity index (χ3n) is 6.56. The van der Waals surface area contributed by atoms with Crippen LogP contribution < -0.4 is 4.74 Å². The number of rotatable bonds is 21. The first-order chi connectivity index (χ1) is 16.9. The summed E-state index contributed by atoms with van der Waals surface area (Å²) in [6.07, 6.45) is 16.2. The number of aromatic hydroxyl groups is 1. The van der Waals surface area contributed by atoms with Gasteiger partial charge in [0, 0.05) is 11.1 Å². The molecule has 0 fully saturated rings. The van der Waals surface area contributed by atoms with Gasteiger partial charge in [0.25, 0.3) is 5.69 Å². The fourth-order valence-electron chi connectivity index (χ4n) is 4.58. The molecule has 0 aromatic heterocycles. The van der Waals surface area contributed by atoms with Crippen molar-refractivity contribution in [2.75, 3.05) is 6.61 Å². The number of nitro groups is 1. The van der Waals surface area contributed by atoms with E-state index in [0.29, 0.717) is 30.6 Å². The summed E-state index contributed by atoms with van der Waals surface area (Å²) in [5, 5.41) is 32.8. The number of nitro benzene ring substituents is 1. The molecule has 35 heavy (non-hydrogen) atoms. The number of nitrogens with zero attached hydrogens (tertiary/aromatic N) is 1. The lowest BCUT2D eigenvalue weighted by atomic mass is 9.90. The van der Waals surface area contributed by atoms with Crippen molar-refractivity contribution in [3.63, 3.8) is 0 Å². The maximum Gasteiger partial charge on any atom is 0.346 e. The number of phenols is 1. The molecule has 2 N–H and O–H groups in total. The van der Waals surface area contributed by atoms with Gasteiger partial charge >= 0.3 is 5.97 Å². The normalized spacial score (nSPS) is 11.1. The van der Waals surface area contributed by atoms with E-state index in [-0.39, 0.29) is 5.75 Å². The number of carboxylic acids is 1. The van der Waals surface area contributed by atoms with Gasteiger partial charge in [-0.05, 0) is 32.1 Å². The predicted molar refractivity (Wildman–Crippen MR) is 141 cm³/mol. The van der Waals surface area contributed by atoms with Gasteiger partial charge in [0.2, 0.25) is 0 Å². The minimum Gasteiger partial charge on any atom is -0.503 e. The summed E-state index contributed by atoms with van der Waals surface area (Å²) >= 11 is 0. The molecule has 200 valence electrons. The van der Waals surface area contributed by atoms with E-state index in [0.717, 1.165) is 96.3 Å². The van der Waals surface area contributed by atoms with Crippen LogP contribution >= 0.6 is 0 Å². The molecule has 0 radical (unpaired) electrons. The Morgan fingerprint density at radius 2 is 1.23 bits per heavy atom. The van der Waals surface area contributed by atoms with Gasteiger partial charge in [-0.2, -0.15) is 0 Å². The van der Waals surface area contributed by atoms with Crippen LogP contribution in [0.2, 0.25) is 0 Å². The minimum absolute atomic E-state index is 0.141. The number of carboxylic acid groups (broad SMARTS) is 1. The first-order valence-electron chi connectivity index (χ1n) is 13.8. The van der Waals surface area contributed by atoms with Crippen molar-refractivity contribution in [3.8, 4) is 11.5 Å². The summed E-state index contributed by atoms with van der Waals surface area (Å²) in [6.45, 7) is 6.78. The molecule has 1 aromatic rings. The molecule has 7 heteroatoms.